The summed E-state index contributed by atoms with van der Waals surface area (Å²) in [5, 5.41) is 13.9. The maximum atomic E-state index is 13.1. The van der Waals surface area contributed by atoms with Gasteiger partial charge in [-0.25, -0.2) is 14.4 Å². The van der Waals surface area contributed by atoms with E-state index in [0.717, 1.165) is 5.69 Å². The highest BCUT2D eigenvalue weighted by molar-refractivity contribution is 5.59. The lowest BCUT2D eigenvalue weighted by Gasteiger charge is -2.07. The fourth-order valence-electron chi connectivity index (χ4n) is 1.42. The standard InChI is InChI=1S/C12H10FN5/c1-8-4-9(2-3-10(8)13)18-12-5-11(15-6-14)16-7-17-12/h2-5,7H,1H3,(H2,15,16,17,18). The molecule has 18 heavy (non-hydrogen) atoms. The first-order valence-corrected chi connectivity index (χ1v) is 5.19. The lowest BCUT2D eigenvalue weighted by Crippen LogP contribution is -1.98. The van der Waals surface area contributed by atoms with Gasteiger partial charge in [0.2, 0.25) is 0 Å². The minimum Gasteiger partial charge on any atom is -0.340 e. The Morgan fingerprint density at radius 1 is 1.22 bits per heavy atom. The van der Waals surface area contributed by atoms with Crippen LogP contribution in [-0.4, -0.2) is 9.97 Å². The van der Waals surface area contributed by atoms with Crippen molar-refractivity contribution in [1.82, 2.24) is 9.97 Å². The molecule has 0 amide bonds. The molecule has 1 heterocycles. The molecule has 0 saturated heterocycles. The summed E-state index contributed by atoms with van der Waals surface area (Å²) in [6.45, 7) is 1.68. The van der Waals surface area contributed by atoms with Gasteiger partial charge in [0, 0.05) is 11.8 Å². The number of aromatic nitrogens is 2. The number of halogens is 1. The van der Waals surface area contributed by atoms with Crippen molar-refractivity contribution in [3.8, 4) is 6.19 Å². The first-order valence-electron chi connectivity index (χ1n) is 5.19. The molecule has 1 aromatic carbocycles. The van der Waals surface area contributed by atoms with E-state index >= 15 is 0 Å². The molecule has 0 bridgehead atoms. The molecule has 1 aromatic heterocycles. The van der Waals surface area contributed by atoms with E-state index in [1.54, 1.807) is 31.3 Å². The molecule has 0 saturated carbocycles. The number of nitrogens with one attached hydrogen (secondary N) is 2. The van der Waals surface area contributed by atoms with Gasteiger partial charge < -0.3 is 5.32 Å². The van der Waals surface area contributed by atoms with E-state index in [1.165, 1.54) is 12.4 Å². The Morgan fingerprint density at radius 2 is 2.00 bits per heavy atom. The van der Waals surface area contributed by atoms with E-state index in [9.17, 15) is 4.39 Å². The minimum atomic E-state index is -0.255. The van der Waals surface area contributed by atoms with Gasteiger partial charge in [-0.1, -0.05) is 0 Å². The summed E-state index contributed by atoms with van der Waals surface area (Å²) < 4.78 is 13.1. The van der Waals surface area contributed by atoms with Crippen LogP contribution in [0.25, 0.3) is 0 Å². The molecular weight excluding hydrogens is 233 g/mol. The summed E-state index contributed by atoms with van der Waals surface area (Å²) >= 11 is 0. The molecule has 0 spiro atoms. The number of hydrogen-bond acceptors (Lipinski definition) is 5. The SMILES string of the molecule is Cc1cc(Nc2cc(NC#N)ncn2)ccc1F. The zero-order chi connectivity index (χ0) is 13.0. The number of nitriles is 1. The number of aryl methyl sites for hydroxylation is 1. The number of hydrogen-bond donors (Lipinski definition) is 2. The zero-order valence-corrected chi connectivity index (χ0v) is 9.61. The van der Waals surface area contributed by atoms with E-state index in [2.05, 4.69) is 20.6 Å². The molecule has 2 rings (SSSR count). The Morgan fingerprint density at radius 3 is 2.72 bits per heavy atom. The predicted octanol–water partition coefficient (Wildman–Crippen LogP) is 2.56. The third-order valence-corrected chi connectivity index (χ3v) is 2.28. The molecule has 0 unspecified atom stereocenters. The summed E-state index contributed by atoms with van der Waals surface area (Å²) in [6, 6.07) is 6.26. The summed E-state index contributed by atoms with van der Waals surface area (Å²) in [7, 11) is 0. The number of nitrogens with zero attached hydrogens (tertiary/aromatic N) is 3. The second-order valence-electron chi connectivity index (χ2n) is 3.61. The van der Waals surface area contributed by atoms with Crippen molar-refractivity contribution in [2.45, 2.75) is 6.92 Å². The van der Waals surface area contributed by atoms with Crippen LogP contribution in [0.4, 0.5) is 21.7 Å². The third kappa shape index (κ3) is 2.71. The van der Waals surface area contributed by atoms with Gasteiger partial charge in [0.1, 0.15) is 23.8 Å². The Balaban J connectivity index is 2.20. The van der Waals surface area contributed by atoms with Gasteiger partial charge in [-0.15, -0.1) is 0 Å². The lowest BCUT2D eigenvalue weighted by atomic mass is 10.2. The van der Waals surface area contributed by atoms with Crippen molar-refractivity contribution < 1.29 is 4.39 Å². The maximum absolute atomic E-state index is 13.1. The van der Waals surface area contributed by atoms with Gasteiger partial charge in [0.05, 0.1) is 0 Å². The smallest absolute Gasteiger partial charge is 0.182 e. The van der Waals surface area contributed by atoms with Gasteiger partial charge in [0.15, 0.2) is 6.19 Å². The first kappa shape index (κ1) is 11.8. The Hall–Kier alpha value is -2.68. The van der Waals surface area contributed by atoms with Crippen LogP contribution in [0.15, 0.2) is 30.6 Å². The van der Waals surface area contributed by atoms with Gasteiger partial charge in [-0.3, -0.25) is 5.32 Å². The topological polar surface area (TPSA) is 73.6 Å². The van der Waals surface area contributed by atoms with Gasteiger partial charge >= 0.3 is 0 Å². The second-order valence-corrected chi connectivity index (χ2v) is 3.61. The highest BCUT2D eigenvalue weighted by atomic mass is 19.1. The highest BCUT2D eigenvalue weighted by Crippen LogP contribution is 2.18. The van der Waals surface area contributed by atoms with Crippen LogP contribution in [0.3, 0.4) is 0 Å². The van der Waals surface area contributed by atoms with Crippen molar-refractivity contribution in [1.29, 1.82) is 5.26 Å². The molecule has 0 aliphatic rings. The fourth-order valence-corrected chi connectivity index (χ4v) is 1.42. The van der Waals surface area contributed by atoms with Gasteiger partial charge in [-0.2, -0.15) is 5.26 Å². The minimum absolute atomic E-state index is 0.255. The van der Waals surface area contributed by atoms with Gasteiger partial charge in [-0.05, 0) is 30.7 Å². The van der Waals surface area contributed by atoms with E-state index in [-0.39, 0.29) is 5.82 Å². The van der Waals surface area contributed by atoms with E-state index in [0.29, 0.717) is 17.2 Å². The molecular formula is C12H10FN5. The van der Waals surface area contributed by atoms with Crippen molar-refractivity contribution in [3.63, 3.8) is 0 Å². The first-order chi connectivity index (χ1) is 8.69. The molecule has 0 atom stereocenters. The van der Waals surface area contributed by atoms with E-state index in [4.69, 9.17) is 5.26 Å². The number of rotatable bonds is 3. The van der Waals surface area contributed by atoms with Crippen LogP contribution < -0.4 is 10.6 Å². The Labute approximate surface area is 103 Å². The van der Waals surface area contributed by atoms with Crippen LogP contribution in [0.5, 0.6) is 0 Å². The molecule has 0 aliphatic heterocycles. The summed E-state index contributed by atoms with van der Waals surface area (Å²) in [5.41, 5.74) is 1.26. The summed E-state index contributed by atoms with van der Waals surface area (Å²) in [5.74, 6) is 0.665. The molecule has 6 heteroatoms. The highest BCUT2D eigenvalue weighted by Gasteiger charge is 2.01. The van der Waals surface area contributed by atoms with E-state index < -0.39 is 0 Å². The van der Waals surface area contributed by atoms with Crippen molar-refractivity contribution >= 4 is 17.3 Å². The van der Waals surface area contributed by atoms with Crippen LogP contribution in [0.2, 0.25) is 0 Å². The molecule has 2 aromatic rings. The Bertz CT molecular complexity index is 606. The van der Waals surface area contributed by atoms with Gasteiger partial charge in [0.25, 0.3) is 0 Å². The van der Waals surface area contributed by atoms with Crippen LogP contribution in [0, 0.1) is 24.2 Å². The van der Waals surface area contributed by atoms with Crippen molar-refractivity contribution in [3.05, 3.63) is 42.0 Å². The molecule has 0 fully saturated rings. The summed E-state index contributed by atoms with van der Waals surface area (Å²) in [4.78, 5) is 7.86. The number of anilines is 3. The molecule has 2 N–H and O–H groups in total. The largest absolute Gasteiger partial charge is 0.340 e. The average molecular weight is 243 g/mol. The lowest BCUT2D eigenvalue weighted by molar-refractivity contribution is 0.619. The van der Waals surface area contributed by atoms with Crippen molar-refractivity contribution in [2.75, 3.05) is 10.6 Å². The summed E-state index contributed by atoms with van der Waals surface area (Å²) in [6.07, 6.45) is 3.11. The van der Waals surface area contributed by atoms with Crippen LogP contribution >= 0.6 is 0 Å². The molecule has 90 valence electrons. The Kier molecular flexibility index (Phi) is 3.34. The maximum Gasteiger partial charge on any atom is 0.182 e. The second kappa shape index (κ2) is 5.10. The predicted molar refractivity (Wildman–Crippen MR) is 65.7 cm³/mol. The fraction of sp³-hybridized carbons (Fsp3) is 0.0833. The average Bonchev–Trinajstić information content (AvgIpc) is 2.35. The number of benzene rings is 1. The van der Waals surface area contributed by atoms with E-state index in [1.807, 2.05) is 0 Å². The van der Waals surface area contributed by atoms with Crippen molar-refractivity contribution in [2.24, 2.45) is 0 Å². The molecule has 5 nitrogen and oxygen atoms in total. The molecule has 0 aliphatic carbocycles. The monoisotopic (exact) mass is 243 g/mol. The quantitative estimate of drug-likeness (QED) is 0.640. The van der Waals surface area contributed by atoms with Crippen LogP contribution in [-0.2, 0) is 0 Å². The molecule has 0 radical (unpaired) electrons. The normalized spacial score (nSPS) is 9.61. The zero-order valence-electron chi connectivity index (χ0n) is 9.61. The third-order valence-electron chi connectivity index (χ3n) is 2.28. The van der Waals surface area contributed by atoms with Crippen LogP contribution in [0.1, 0.15) is 5.56 Å².